The molecule has 2 aromatic rings. The largest absolute Gasteiger partial charge is 0.390 e. The van der Waals surface area contributed by atoms with Gasteiger partial charge in [0.15, 0.2) is 11.6 Å². The summed E-state index contributed by atoms with van der Waals surface area (Å²) in [6, 6.07) is 6.46. The summed E-state index contributed by atoms with van der Waals surface area (Å²) in [4.78, 5) is 28.1. The Morgan fingerprint density at radius 1 is 1.00 bits per heavy atom. The Kier molecular flexibility index (Phi) is 10.1. The molecule has 1 aliphatic heterocycles. The lowest BCUT2D eigenvalue weighted by Crippen LogP contribution is -2.47. The number of anilines is 2. The zero-order valence-corrected chi connectivity index (χ0v) is 21.5. The molecule has 0 bridgehead atoms. The van der Waals surface area contributed by atoms with E-state index in [0.717, 1.165) is 6.07 Å². The highest BCUT2D eigenvalue weighted by Gasteiger charge is 2.29. The summed E-state index contributed by atoms with van der Waals surface area (Å²) in [7, 11) is 0. The quantitative estimate of drug-likeness (QED) is 0.370. The number of piperazine rings is 1. The van der Waals surface area contributed by atoms with Crippen LogP contribution in [0, 0.1) is 11.6 Å². The number of rotatable bonds is 9. The lowest BCUT2D eigenvalue weighted by molar-refractivity contribution is -0.138. The Hall–Kier alpha value is -3.12. The molecule has 0 aromatic heterocycles. The predicted molar refractivity (Wildman–Crippen MR) is 136 cm³/mol. The number of alkyl halides is 3. The first-order valence-corrected chi connectivity index (χ1v) is 12.5. The van der Waals surface area contributed by atoms with Gasteiger partial charge in [-0.2, -0.15) is 13.2 Å². The average Bonchev–Trinajstić information content (AvgIpc) is 2.88. The first kappa shape index (κ1) is 29.4. The zero-order valence-electron chi connectivity index (χ0n) is 20.7. The summed E-state index contributed by atoms with van der Waals surface area (Å²) >= 11 is 6.14. The molecule has 0 spiro atoms. The van der Waals surface area contributed by atoms with Crippen LogP contribution in [0.1, 0.15) is 35.7 Å². The second kappa shape index (κ2) is 13.1. The maximum Gasteiger partial charge on any atom is 0.390 e. The second-order valence-electron chi connectivity index (χ2n) is 8.82. The number of hydrogen-bond acceptors (Lipinski definition) is 4. The summed E-state index contributed by atoms with van der Waals surface area (Å²) in [5, 5.41) is 7.93. The summed E-state index contributed by atoms with van der Waals surface area (Å²) in [6.45, 7) is 3.46. The van der Waals surface area contributed by atoms with Gasteiger partial charge in [0.1, 0.15) is 0 Å². The maximum atomic E-state index is 14.8. The number of nitrogens with zero attached hydrogens (tertiary/aromatic N) is 2. The Morgan fingerprint density at radius 3 is 2.37 bits per heavy atom. The van der Waals surface area contributed by atoms with Crippen LogP contribution in [0.2, 0.25) is 5.02 Å². The van der Waals surface area contributed by atoms with Gasteiger partial charge in [-0.3, -0.25) is 9.69 Å². The summed E-state index contributed by atoms with van der Waals surface area (Å²) < 4.78 is 67.0. The number of hydrogen-bond donors (Lipinski definition) is 3. The Morgan fingerprint density at radius 2 is 1.71 bits per heavy atom. The minimum atomic E-state index is -4.23. The first-order valence-electron chi connectivity index (χ1n) is 12.1. The van der Waals surface area contributed by atoms with Crippen LogP contribution in [0.4, 0.5) is 38.1 Å². The van der Waals surface area contributed by atoms with Crippen LogP contribution in [0.5, 0.6) is 0 Å². The normalized spacial score (nSPS) is 14.3. The number of benzene rings is 2. The van der Waals surface area contributed by atoms with E-state index in [1.165, 1.54) is 18.2 Å². The number of amides is 3. The summed E-state index contributed by atoms with van der Waals surface area (Å²) in [5.74, 6) is -3.50. The number of urea groups is 1. The van der Waals surface area contributed by atoms with E-state index >= 15 is 0 Å². The van der Waals surface area contributed by atoms with E-state index in [4.69, 9.17) is 11.6 Å². The molecule has 38 heavy (non-hydrogen) atoms. The van der Waals surface area contributed by atoms with Gasteiger partial charge in [-0.25, -0.2) is 13.6 Å². The Labute approximate surface area is 222 Å². The molecule has 1 heterocycles. The fourth-order valence-corrected chi connectivity index (χ4v) is 4.10. The minimum Gasteiger partial charge on any atom is -0.367 e. The molecule has 0 radical (unpaired) electrons. The fraction of sp³-hybridized carbons (Fsp3) is 0.440. The Balaban J connectivity index is 1.68. The topological polar surface area (TPSA) is 76.7 Å². The molecular weight excluding hydrogens is 533 g/mol. The monoisotopic (exact) mass is 561 g/mol. The molecule has 0 atom stereocenters. The highest BCUT2D eigenvalue weighted by molar-refractivity contribution is 6.31. The van der Waals surface area contributed by atoms with E-state index in [9.17, 15) is 31.5 Å². The third kappa shape index (κ3) is 8.19. The van der Waals surface area contributed by atoms with Gasteiger partial charge in [-0.15, -0.1) is 0 Å². The van der Waals surface area contributed by atoms with Crippen LogP contribution < -0.4 is 20.9 Å². The van der Waals surface area contributed by atoms with Crippen LogP contribution >= 0.6 is 11.6 Å². The van der Waals surface area contributed by atoms with Crippen molar-refractivity contribution in [2.75, 3.05) is 49.5 Å². The van der Waals surface area contributed by atoms with Crippen LogP contribution in [-0.2, 0) is 6.54 Å². The SMILES string of the molecule is CCCNC(=O)NCc1ccc(C(=O)Nc2ccc(Cl)cc2N2CCN(CCC(F)(F)F)CC2)c(F)c1F. The summed E-state index contributed by atoms with van der Waals surface area (Å²) in [6.07, 6.45) is -4.41. The minimum absolute atomic E-state index is 0.101. The van der Waals surface area contributed by atoms with Crippen LogP contribution in [-0.4, -0.2) is 62.3 Å². The number of halogens is 6. The van der Waals surface area contributed by atoms with Crippen molar-refractivity contribution in [1.82, 2.24) is 15.5 Å². The zero-order chi connectivity index (χ0) is 27.9. The van der Waals surface area contributed by atoms with Crippen molar-refractivity contribution in [3.05, 3.63) is 58.1 Å². The second-order valence-corrected chi connectivity index (χ2v) is 9.26. The van der Waals surface area contributed by atoms with E-state index in [-0.39, 0.29) is 18.7 Å². The number of carbonyl (C=O) groups is 2. The third-order valence-electron chi connectivity index (χ3n) is 6.01. The van der Waals surface area contributed by atoms with Crippen molar-refractivity contribution in [1.29, 1.82) is 0 Å². The third-order valence-corrected chi connectivity index (χ3v) is 6.25. The first-order chi connectivity index (χ1) is 18.0. The molecule has 3 amide bonds. The smallest absolute Gasteiger partial charge is 0.367 e. The van der Waals surface area contributed by atoms with E-state index in [1.807, 2.05) is 11.8 Å². The molecule has 7 nitrogen and oxygen atoms in total. The molecule has 13 heteroatoms. The van der Waals surface area contributed by atoms with Gasteiger partial charge in [0.2, 0.25) is 0 Å². The predicted octanol–water partition coefficient (Wildman–Crippen LogP) is 5.15. The van der Waals surface area contributed by atoms with Crippen molar-refractivity contribution < 1.29 is 31.5 Å². The molecule has 2 aromatic carbocycles. The molecule has 208 valence electrons. The molecule has 0 saturated carbocycles. The number of carbonyl (C=O) groups excluding carboxylic acids is 2. The fourth-order valence-electron chi connectivity index (χ4n) is 3.94. The lowest BCUT2D eigenvalue weighted by Gasteiger charge is -2.37. The maximum absolute atomic E-state index is 14.8. The molecule has 1 saturated heterocycles. The highest BCUT2D eigenvalue weighted by Crippen LogP contribution is 2.31. The van der Waals surface area contributed by atoms with Crippen molar-refractivity contribution >= 4 is 34.9 Å². The van der Waals surface area contributed by atoms with Gasteiger partial charge in [-0.1, -0.05) is 24.6 Å². The highest BCUT2D eigenvalue weighted by atomic mass is 35.5. The van der Waals surface area contributed by atoms with Crippen LogP contribution in [0.3, 0.4) is 0 Å². The molecule has 3 rings (SSSR count). The molecule has 1 aliphatic rings. The van der Waals surface area contributed by atoms with Crippen molar-refractivity contribution in [3.63, 3.8) is 0 Å². The molecular formula is C25H29ClF5N5O2. The van der Waals surface area contributed by atoms with Gasteiger partial charge in [0.05, 0.1) is 23.4 Å². The van der Waals surface area contributed by atoms with E-state index in [0.29, 0.717) is 55.5 Å². The van der Waals surface area contributed by atoms with Crippen molar-refractivity contribution in [2.45, 2.75) is 32.5 Å². The molecule has 0 unspecified atom stereocenters. The van der Waals surface area contributed by atoms with E-state index in [1.54, 1.807) is 11.0 Å². The van der Waals surface area contributed by atoms with Gasteiger partial charge in [-0.05, 0) is 30.7 Å². The molecule has 3 N–H and O–H groups in total. The van der Waals surface area contributed by atoms with Crippen molar-refractivity contribution in [2.24, 2.45) is 0 Å². The van der Waals surface area contributed by atoms with Gasteiger partial charge in [0, 0.05) is 56.4 Å². The summed E-state index contributed by atoms with van der Waals surface area (Å²) in [5.41, 5.74) is 0.156. The van der Waals surface area contributed by atoms with Crippen molar-refractivity contribution in [3.8, 4) is 0 Å². The molecule has 1 fully saturated rings. The Bertz CT molecular complexity index is 1140. The van der Waals surface area contributed by atoms with Crippen LogP contribution in [0.25, 0.3) is 0 Å². The van der Waals surface area contributed by atoms with Gasteiger partial charge < -0.3 is 20.9 Å². The molecule has 0 aliphatic carbocycles. The van der Waals surface area contributed by atoms with Crippen LogP contribution in [0.15, 0.2) is 30.3 Å². The lowest BCUT2D eigenvalue weighted by atomic mass is 10.1. The number of nitrogens with one attached hydrogen (secondary N) is 3. The average molecular weight is 562 g/mol. The standard InChI is InChI=1S/C25H29ClF5N5O2/c1-2-8-32-24(38)33-15-16-3-5-18(22(28)21(16)27)23(37)34-19-6-4-17(26)14-20(19)36-12-10-35(11-13-36)9-7-25(29,30)31/h3-6,14H,2,7-13,15H2,1H3,(H,34,37)(H2,32,33,38). The van der Waals surface area contributed by atoms with E-state index < -0.39 is 41.7 Å². The van der Waals surface area contributed by atoms with E-state index in [2.05, 4.69) is 16.0 Å². The van der Waals surface area contributed by atoms with Gasteiger partial charge >= 0.3 is 12.2 Å². The van der Waals surface area contributed by atoms with Gasteiger partial charge in [0.25, 0.3) is 5.91 Å².